The molecule has 7 heteroatoms. The lowest BCUT2D eigenvalue weighted by Gasteiger charge is -2.29. The molecule has 3 rings (SSSR count). The number of thiocarbonyl (C=S) groups is 1. The zero-order chi connectivity index (χ0) is 18.8. The third kappa shape index (κ3) is 3.34. The van der Waals surface area contributed by atoms with E-state index in [4.69, 9.17) is 12.2 Å². The van der Waals surface area contributed by atoms with Gasteiger partial charge in [0.15, 0.2) is 5.11 Å². The molecular weight excluding hydrogens is 353 g/mol. The minimum absolute atomic E-state index is 0.00337. The number of carbonyl (C=O) groups excluding carboxylic acids is 2. The van der Waals surface area contributed by atoms with Gasteiger partial charge >= 0.3 is 0 Å². The van der Waals surface area contributed by atoms with E-state index in [9.17, 15) is 14.0 Å². The molecule has 2 aromatic rings. The quantitative estimate of drug-likeness (QED) is 0.514. The third-order valence-electron chi connectivity index (χ3n) is 3.92. The van der Waals surface area contributed by atoms with Crippen LogP contribution in [0.3, 0.4) is 0 Å². The minimum atomic E-state index is -0.666. The Kier molecular flexibility index (Phi) is 4.81. The third-order valence-corrected chi connectivity index (χ3v) is 4.20. The van der Waals surface area contributed by atoms with Crippen LogP contribution in [0.4, 0.5) is 15.8 Å². The molecule has 1 fully saturated rings. The second kappa shape index (κ2) is 7.05. The molecule has 2 aromatic carbocycles. The lowest BCUT2D eigenvalue weighted by molar-refractivity contribution is -0.122. The SMILES string of the molecule is CN(C)c1ccc(/C=C2/C(=O)NC(=S)N(c3ccccc3F)C2=O)cc1. The van der Waals surface area contributed by atoms with Gasteiger partial charge in [-0.3, -0.25) is 14.9 Å². The summed E-state index contributed by atoms with van der Waals surface area (Å²) in [5.41, 5.74) is 1.55. The summed E-state index contributed by atoms with van der Waals surface area (Å²) in [7, 11) is 3.83. The second-order valence-corrected chi connectivity index (χ2v) is 6.28. The number of rotatable bonds is 3. The van der Waals surface area contributed by atoms with Crippen molar-refractivity contribution in [1.82, 2.24) is 5.32 Å². The minimum Gasteiger partial charge on any atom is -0.378 e. The molecule has 0 bridgehead atoms. The number of nitrogens with zero attached hydrogens (tertiary/aromatic N) is 2. The van der Waals surface area contributed by atoms with Crippen LogP contribution in [0, 0.1) is 5.82 Å². The highest BCUT2D eigenvalue weighted by molar-refractivity contribution is 7.80. The first-order chi connectivity index (χ1) is 12.4. The van der Waals surface area contributed by atoms with Gasteiger partial charge in [-0.15, -0.1) is 0 Å². The fraction of sp³-hybridized carbons (Fsp3) is 0.105. The van der Waals surface area contributed by atoms with Crippen molar-refractivity contribution >= 4 is 46.6 Å². The summed E-state index contributed by atoms with van der Waals surface area (Å²) in [5.74, 6) is -1.88. The monoisotopic (exact) mass is 369 g/mol. The van der Waals surface area contributed by atoms with Crippen LogP contribution in [-0.2, 0) is 9.59 Å². The Morgan fingerprint density at radius 1 is 1.08 bits per heavy atom. The average molecular weight is 369 g/mol. The number of nitrogens with one attached hydrogen (secondary N) is 1. The molecule has 1 N–H and O–H groups in total. The number of anilines is 2. The molecule has 0 aromatic heterocycles. The smallest absolute Gasteiger partial charge is 0.270 e. The van der Waals surface area contributed by atoms with Crippen molar-refractivity contribution < 1.29 is 14.0 Å². The summed E-state index contributed by atoms with van der Waals surface area (Å²) in [6.07, 6.45) is 1.47. The Balaban J connectivity index is 1.99. The molecule has 0 saturated carbocycles. The van der Waals surface area contributed by atoms with Gasteiger partial charge in [0.2, 0.25) is 0 Å². The van der Waals surface area contributed by atoms with E-state index in [1.807, 2.05) is 31.1 Å². The van der Waals surface area contributed by atoms with E-state index in [2.05, 4.69) is 5.32 Å². The van der Waals surface area contributed by atoms with Crippen molar-refractivity contribution in [3.63, 3.8) is 0 Å². The lowest BCUT2D eigenvalue weighted by Crippen LogP contribution is -2.54. The van der Waals surface area contributed by atoms with Gasteiger partial charge in [-0.05, 0) is 48.1 Å². The van der Waals surface area contributed by atoms with Crippen LogP contribution in [0.5, 0.6) is 0 Å². The first-order valence-electron chi connectivity index (χ1n) is 7.82. The molecule has 0 aliphatic carbocycles. The highest BCUT2D eigenvalue weighted by Gasteiger charge is 2.35. The molecule has 2 amide bonds. The van der Waals surface area contributed by atoms with Gasteiger partial charge in [-0.2, -0.15) is 0 Å². The summed E-state index contributed by atoms with van der Waals surface area (Å²) in [5, 5.41) is 2.29. The van der Waals surface area contributed by atoms with Gasteiger partial charge in [0.05, 0.1) is 5.69 Å². The molecule has 1 aliphatic heterocycles. The van der Waals surface area contributed by atoms with Crippen LogP contribution in [0.25, 0.3) is 6.08 Å². The molecule has 5 nitrogen and oxygen atoms in total. The van der Waals surface area contributed by atoms with E-state index in [1.165, 1.54) is 24.3 Å². The van der Waals surface area contributed by atoms with E-state index >= 15 is 0 Å². The number of hydrogen-bond donors (Lipinski definition) is 1. The summed E-state index contributed by atoms with van der Waals surface area (Å²) in [4.78, 5) is 28.0. The molecule has 0 unspecified atom stereocenters. The number of amides is 2. The maximum atomic E-state index is 14.1. The fourth-order valence-corrected chi connectivity index (χ4v) is 2.82. The van der Waals surface area contributed by atoms with Crippen LogP contribution < -0.4 is 15.1 Å². The van der Waals surface area contributed by atoms with Crippen LogP contribution >= 0.6 is 12.2 Å². The Hall–Kier alpha value is -3.06. The van der Waals surface area contributed by atoms with E-state index in [0.29, 0.717) is 5.56 Å². The fourth-order valence-electron chi connectivity index (χ4n) is 2.54. The largest absolute Gasteiger partial charge is 0.378 e. The molecule has 0 radical (unpaired) electrons. The first kappa shape index (κ1) is 17.8. The van der Waals surface area contributed by atoms with Gasteiger partial charge < -0.3 is 4.90 Å². The van der Waals surface area contributed by atoms with Crippen LogP contribution in [-0.4, -0.2) is 31.0 Å². The molecule has 1 saturated heterocycles. The number of para-hydroxylation sites is 1. The van der Waals surface area contributed by atoms with Crippen molar-refractivity contribution in [3.8, 4) is 0 Å². The van der Waals surface area contributed by atoms with Crippen LogP contribution in [0.1, 0.15) is 5.56 Å². The maximum Gasteiger partial charge on any atom is 0.270 e. The van der Waals surface area contributed by atoms with Crippen molar-refractivity contribution in [1.29, 1.82) is 0 Å². The number of halogens is 1. The van der Waals surface area contributed by atoms with Gasteiger partial charge in [0, 0.05) is 19.8 Å². The molecule has 0 spiro atoms. The summed E-state index contributed by atoms with van der Waals surface area (Å²) < 4.78 is 14.1. The van der Waals surface area contributed by atoms with Gasteiger partial charge in [0.1, 0.15) is 11.4 Å². The van der Waals surface area contributed by atoms with E-state index in [-0.39, 0.29) is 16.4 Å². The summed E-state index contributed by atoms with van der Waals surface area (Å²) in [6.45, 7) is 0. The molecular formula is C19H16FN3O2S. The zero-order valence-electron chi connectivity index (χ0n) is 14.2. The molecule has 1 aliphatic rings. The summed E-state index contributed by atoms with van der Waals surface area (Å²) >= 11 is 5.06. The lowest BCUT2D eigenvalue weighted by atomic mass is 10.1. The van der Waals surface area contributed by atoms with E-state index < -0.39 is 17.6 Å². The van der Waals surface area contributed by atoms with Gasteiger partial charge in [-0.1, -0.05) is 24.3 Å². The number of benzene rings is 2. The van der Waals surface area contributed by atoms with Crippen LogP contribution in [0.15, 0.2) is 54.1 Å². The molecule has 1 heterocycles. The predicted octanol–water partition coefficient (Wildman–Crippen LogP) is 2.72. The summed E-state index contributed by atoms with van der Waals surface area (Å²) in [6, 6.07) is 13.1. The highest BCUT2D eigenvalue weighted by atomic mass is 32.1. The Morgan fingerprint density at radius 3 is 2.35 bits per heavy atom. The van der Waals surface area contributed by atoms with Crippen LogP contribution in [0.2, 0.25) is 0 Å². The Labute approximate surface area is 155 Å². The number of hydrogen-bond acceptors (Lipinski definition) is 4. The van der Waals surface area contributed by atoms with Crippen molar-refractivity contribution in [2.75, 3.05) is 23.9 Å². The standard InChI is InChI=1S/C19H16FN3O2S/c1-22(2)13-9-7-12(8-10-13)11-14-17(24)21-19(26)23(18(14)25)16-6-4-3-5-15(16)20/h3-11H,1-2H3,(H,21,24,26)/b14-11-. The predicted molar refractivity (Wildman–Crippen MR) is 103 cm³/mol. The number of carbonyl (C=O) groups is 2. The van der Waals surface area contributed by atoms with E-state index in [0.717, 1.165) is 10.6 Å². The first-order valence-corrected chi connectivity index (χ1v) is 8.22. The van der Waals surface area contributed by atoms with E-state index in [1.54, 1.807) is 18.2 Å². The Morgan fingerprint density at radius 2 is 1.73 bits per heavy atom. The molecule has 132 valence electrons. The van der Waals surface area contributed by atoms with Gasteiger partial charge in [0.25, 0.3) is 11.8 Å². The Bertz CT molecular complexity index is 923. The normalized spacial score (nSPS) is 16.0. The topological polar surface area (TPSA) is 52.7 Å². The second-order valence-electron chi connectivity index (χ2n) is 5.90. The molecule has 0 atom stereocenters. The van der Waals surface area contributed by atoms with Crippen molar-refractivity contribution in [2.45, 2.75) is 0 Å². The highest BCUT2D eigenvalue weighted by Crippen LogP contribution is 2.24. The zero-order valence-corrected chi connectivity index (χ0v) is 15.0. The van der Waals surface area contributed by atoms with Crippen molar-refractivity contribution in [2.24, 2.45) is 0 Å². The van der Waals surface area contributed by atoms with Crippen molar-refractivity contribution in [3.05, 3.63) is 65.5 Å². The van der Waals surface area contributed by atoms with Gasteiger partial charge in [-0.25, -0.2) is 9.29 Å². The average Bonchev–Trinajstić information content (AvgIpc) is 2.60. The maximum absolute atomic E-state index is 14.1. The molecule has 26 heavy (non-hydrogen) atoms.